The largest absolute Gasteiger partial charge is 0.398 e. The van der Waals surface area contributed by atoms with Gasteiger partial charge in [0.05, 0.1) is 6.20 Å². The van der Waals surface area contributed by atoms with Gasteiger partial charge in [0.25, 0.3) is 5.91 Å². The summed E-state index contributed by atoms with van der Waals surface area (Å²) in [7, 11) is 0. The SMILES string of the molecule is N/C(=C\C=C(/N)Nc1ncc(C(=O)NCCc2ccccc2)s1)c1ccccc1. The van der Waals surface area contributed by atoms with Crippen molar-refractivity contribution in [3.8, 4) is 0 Å². The molecular weight excluding hydrogens is 382 g/mol. The molecule has 0 radical (unpaired) electrons. The Hall–Kier alpha value is -3.58. The van der Waals surface area contributed by atoms with Crippen LogP contribution in [0.1, 0.15) is 20.8 Å². The van der Waals surface area contributed by atoms with Gasteiger partial charge in [0.15, 0.2) is 5.13 Å². The average Bonchev–Trinajstić information content (AvgIpc) is 3.22. The maximum atomic E-state index is 12.3. The van der Waals surface area contributed by atoms with Gasteiger partial charge < -0.3 is 22.1 Å². The molecule has 0 spiro atoms. The van der Waals surface area contributed by atoms with E-state index in [1.807, 2.05) is 60.7 Å². The zero-order valence-electron chi connectivity index (χ0n) is 15.8. The zero-order valence-corrected chi connectivity index (χ0v) is 16.7. The van der Waals surface area contributed by atoms with Crippen LogP contribution in [0.25, 0.3) is 5.70 Å². The van der Waals surface area contributed by atoms with Crippen molar-refractivity contribution in [2.75, 3.05) is 11.9 Å². The van der Waals surface area contributed by atoms with Crippen LogP contribution >= 0.6 is 11.3 Å². The van der Waals surface area contributed by atoms with Crippen LogP contribution in [0.5, 0.6) is 0 Å². The minimum atomic E-state index is -0.151. The molecule has 0 atom stereocenters. The predicted octanol–water partition coefficient (Wildman–Crippen LogP) is 3.33. The fraction of sp³-hybridized carbons (Fsp3) is 0.0909. The lowest BCUT2D eigenvalue weighted by molar-refractivity contribution is 0.0958. The first-order valence-corrected chi connectivity index (χ1v) is 9.97. The summed E-state index contributed by atoms with van der Waals surface area (Å²) in [5, 5.41) is 6.42. The summed E-state index contributed by atoms with van der Waals surface area (Å²) in [5.74, 6) is 0.233. The van der Waals surface area contributed by atoms with Crippen molar-refractivity contribution in [1.29, 1.82) is 0 Å². The predicted molar refractivity (Wildman–Crippen MR) is 119 cm³/mol. The Morgan fingerprint density at radius 1 is 1.00 bits per heavy atom. The number of carbonyl (C=O) groups is 1. The Morgan fingerprint density at radius 2 is 1.69 bits per heavy atom. The first-order chi connectivity index (χ1) is 14.1. The first kappa shape index (κ1) is 20.2. The van der Waals surface area contributed by atoms with E-state index in [4.69, 9.17) is 11.5 Å². The standard InChI is InChI=1S/C22H23N5OS/c23-18(17-9-5-2-6-10-17)11-12-20(24)27-22-26-15-19(29-22)21(28)25-14-13-16-7-3-1-4-8-16/h1-12,15H,13-14,23-24H2,(H,25,28)(H,26,27)/b18-11-,20-12+. The second-order valence-electron chi connectivity index (χ2n) is 6.26. The number of amides is 1. The molecule has 0 fully saturated rings. The number of hydrogen-bond acceptors (Lipinski definition) is 6. The molecule has 3 rings (SSSR count). The number of anilines is 1. The van der Waals surface area contributed by atoms with Gasteiger partial charge in [-0.05, 0) is 29.7 Å². The maximum Gasteiger partial charge on any atom is 0.263 e. The number of nitrogens with zero attached hydrogens (tertiary/aromatic N) is 1. The van der Waals surface area contributed by atoms with Crippen molar-refractivity contribution in [3.05, 3.63) is 101 Å². The van der Waals surface area contributed by atoms with E-state index in [0.29, 0.717) is 28.1 Å². The number of allylic oxidation sites excluding steroid dienone is 2. The molecule has 0 unspecified atom stereocenters. The molecule has 3 aromatic rings. The third kappa shape index (κ3) is 6.22. The van der Waals surface area contributed by atoms with Crippen molar-refractivity contribution in [2.45, 2.75) is 6.42 Å². The quantitative estimate of drug-likeness (QED) is 0.430. The van der Waals surface area contributed by atoms with Gasteiger partial charge in [0.2, 0.25) is 0 Å². The van der Waals surface area contributed by atoms with Crippen molar-refractivity contribution < 1.29 is 4.79 Å². The number of benzene rings is 2. The van der Waals surface area contributed by atoms with Crippen LogP contribution in [0.3, 0.4) is 0 Å². The van der Waals surface area contributed by atoms with E-state index < -0.39 is 0 Å². The highest BCUT2D eigenvalue weighted by Gasteiger charge is 2.10. The van der Waals surface area contributed by atoms with Gasteiger partial charge in [-0.3, -0.25) is 4.79 Å². The number of aromatic nitrogens is 1. The molecule has 0 saturated carbocycles. The molecule has 29 heavy (non-hydrogen) atoms. The van der Waals surface area contributed by atoms with Crippen LogP contribution in [0, 0.1) is 0 Å². The Bertz CT molecular complexity index is 996. The Labute approximate surface area is 174 Å². The first-order valence-electron chi connectivity index (χ1n) is 9.15. The lowest BCUT2D eigenvalue weighted by Crippen LogP contribution is -2.24. The molecule has 0 aliphatic carbocycles. The van der Waals surface area contributed by atoms with Crippen LogP contribution in [0.15, 0.2) is 84.8 Å². The third-order valence-corrected chi connectivity index (χ3v) is 4.98. The van der Waals surface area contributed by atoms with Crippen molar-refractivity contribution in [2.24, 2.45) is 11.5 Å². The molecule has 6 nitrogen and oxygen atoms in total. The molecule has 1 heterocycles. The van der Waals surface area contributed by atoms with Gasteiger partial charge in [0.1, 0.15) is 10.7 Å². The van der Waals surface area contributed by atoms with Crippen LogP contribution in [0.2, 0.25) is 0 Å². The molecule has 0 bridgehead atoms. The van der Waals surface area contributed by atoms with E-state index in [9.17, 15) is 4.79 Å². The summed E-state index contributed by atoms with van der Waals surface area (Å²) in [6.07, 6.45) is 5.71. The van der Waals surface area contributed by atoms with Crippen LogP contribution < -0.4 is 22.1 Å². The van der Waals surface area contributed by atoms with E-state index in [0.717, 1.165) is 12.0 Å². The molecule has 0 saturated heterocycles. The van der Waals surface area contributed by atoms with E-state index in [-0.39, 0.29) is 5.91 Å². The summed E-state index contributed by atoms with van der Waals surface area (Å²) < 4.78 is 0. The van der Waals surface area contributed by atoms with Gasteiger partial charge in [-0.15, -0.1) is 0 Å². The molecular formula is C22H23N5OS. The fourth-order valence-electron chi connectivity index (χ4n) is 2.56. The Balaban J connectivity index is 1.52. The minimum absolute atomic E-state index is 0.151. The molecule has 7 heteroatoms. The maximum absolute atomic E-state index is 12.3. The van der Waals surface area contributed by atoms with Crippen LogP contribution in [-0.4, -0.2) is 17.4 Å². The smallest absolute Gasteiger partial charge is 0.263 e. The van der Waals surface area contributed by atoms with Gasteiger partial charge in [-0.2, -0.15) is 0 Å². The van der Waals surface area contributed by atoms with Gasteiger partial charge in [0, 0.05) is 12.2 Å². The van der Waals surface area contributed by atoms with Crippen LogP contribution in [0.4, 0.5) is 5.13 Å². The van der Waals surface area contributed by atoms with E-state index in [1.165, 1.54) is 23.1 Å². The second-order valence-corrected chi connectivity index (χ2v) is 7.29. The molecule has 6 N–H and O–H groups in total. The number of carbonyl (C=O) groups excluding carboxylic acids is 1. The topological polar surface area (TPSA) is 106 Å². The van der Waals surface area contributed by atoms with Gasteiger partial charge >= 0.3 is 0 Å². The van der Waals surface area contributed by atoms with Crippen molar-refractivity contribution in [1.82, 2.24) is 10.3 Å². The molecule has 148 valence electrons. The summed E-state index contributed by atoms with van der Waals surface area (Å²) >= 11 is 1.24. The summed E-state index contributed by atoms with van der Waals surface area (Å²) in [6, 6.07) is 19.6. The van der Waals surface area contributed by atoms with E-state index in [1.54, 1.807) is 12.2 Å². The minimum Gasteiger partial charge on any atom is -0.398 e. The lowest BCUT2D eigenvalue weighted by atomic mass is 10.1. The molecule has 1 amide bonds. The molecule has 0 aliphatic rings. The number of nitrogens with one attached hydrogen (secondary N) is 2. The van der Waals surface area contributed by atoms with Crippen molar-refractivity contribution in [3.63, 3.8) is 0 Å². The second kappa shape index (κ2) is 10.1. The highest BCUT2D eigenvalue weighted by Crippen LogP contribution is 2.19. The molecule has 1 aromatic heterocycles. The van der Waals surface area contributed by atoms with E-state index >= 15 is 0 Å². The van der Waals surface area contributed by atoms with Crippen molar-refractivity contribution >= 4 is 28.1 Å². The van der Waals surface area contributed by atoms with Gasteiger partial charge in [-0.1, -0.05) is 72.0 Å². The highest BCUT2D eigenvalue weighted by molar-refractivity contribution is 7.17. The van der Waals surface area contributed by atoms with Gasteiger partial charge in [-0.25, -0.2) is 4.98 Å². The summed E-state index contributed by atoms with van der Waals surface area (Å²) in [6.45, 7) is 0.565. The third-order valence-electron chi connectivity index (χ3n) is 4.07. The molecule has 0 aliphatic heterocycles. The summed E-state index contributed by atoms with van der Waals surface area (Å²) in [5.41, 5.74) is 14.7. The number of nitrogens with two attached hydrogens (primary N) is 2. The monoisotopic (exact) mass is 405 g/mol. The normalized spacial score (nSPS) is 11.9. The fourth-order valence-corrected chi connectivity index (χ4v) is 3.31. The summed E-state index contributed by atoms with van der Waals surface area (Å²) in [4.78, 5) is 17.0. The average molecular weight is 406 g/mol. The lowest BCUT2D eigenvalue weighted by Gasteiger charge is -2.04. The number of rotatable bonds is 8. The Morgan fingerprint density at radius 3 is 2.41 bits per heavy atom. The molecule has 2 aromatic carbocycles. The highest BCUT2D eigenvalue weighted by atomic mass is 32.1. The number of thiazole rings is 1. The zero-order chi connectivity index (χ0) is 20.5. The Kier molecular flexibility index (Phi) is 7.02. The number of hydrogen-bond donors (Lipinski definition) is 4. The van der Waals surface area contributed by atoms with E-state index in [2.05, 4.69) is 15.6 Å². The van der Waals surface area contributed by atoms with Crippen LogP contribution in [-0.2, 0) is 6.42 Å².